The molecule has 0 atom stereocenters. The molecule has 0 fully saturated rings. The Morgan fingerprint density at radius 2 is 1.88 bits per heavy atom. The number of sulfonamides is 1. The van der Waals surface area contributed by atoms with Crippen LogP contribution in [0.3, 0.4) is 0 Å². The summed E-state index contributed by atoms with van der Waals surface area (Å²) in [5.41, 5.74) is 0.0831. The van der Waals surface area contributed by atoms with Gasteiger partial charge < -0.3 is 10.1 Å². The lowest BCUT2D eigenvalue weighted by Crippen LogP contribution is -2.11. The Kier molecular flexibility index (Phi) is 3.94. The zero-order valence-electron chi connectivity index (χ0n) is 12.4. The number of fused-ring (bicyclic) bond motifs is 1. The average Bonchev–Trinajstić information content (AvgIpc) is 2.86. The van der Waals surface area contributed by atoms with E-state index in [0.717, 1.165) is 0 Å². The maximum atomic E-state index is 11.5. The maximum absolute atomic E-state index is 11.5. The van der Waals surface area contributed by atoms with Crippen molar-refractivity contribution >= 4 is 38.0 Å². The van der Waals surface area contributed by atoms with Crippen molar-refractivity contribution in [3.05, 3.63) is 52.6 Å². The number of nitrogens with two attached hydrogens (primary N) is 1. The van der Waals surface area contributed by atoms with E-state index in [2.05, 4.69) is 15.2 Å². The monoisotopic (exact) mass is 361 g/mol. The second-order valence-corrected chi connectivity index (χ2v) is 6.58. The number of aromatic nitrogens is 1. The number of hydrogen-bond donors (Lipinski definition) is 3. The third kappa shape index (κ3) is 3.18. The number of nitrogens with zero attached hydrogens (tertiary/aromatic N) is 3. The molecule has 0 saturated heterocycles. The van der Waals surface area contributed by atoms with Crippen LogP contribution >= 0.6 is 0 Å². The van der Waals surface area contributed by atoms with Crippen molar-refractivity contribution in [2.24, 2.45) is 15.4 Å². The number of nitro benzene ring substituents is 1. The molecule has 0 aliphatic heterocycles. The Bertz CT molecular complexity index is 1120. The van der Waals surface area contributed by atoms with E-state index in [1.165, 1.54) is 36.4 Å². The highest BCUT2D eigenvalue weighted by atomic mass is 32.2. The molecule has 0 amide bonds. The summed E-state index contributed by atoms with van der Waals surface area (Å²) in [5.74, 6) is -0.357. The summed E-state index contributed by atoms with van der Waals surface area (Å²) in [6, 6.07) is 9.62. The molecule has 0 aliphatic carbocycles. The molecule has 0 unspecified atom stereocenters. The first-order valence-electron chi connectivity index (χ1n) is 6.80. The van der Waals surface area contributed by atoms with Crippen LogP contribution in [0.25, 0.3) is 10.9 Å². The quantitative estimate of drug-likeness (QED) is 0.369. The van der Waals surface area contributed by atoms with E-state index < -0.39 is 14.9 Å². The molecule has 2 aromatic carbocycles. The smallest absolute Gasteiger partial charge is 0.296 e. The van der Waals surface area contributed by atoms with Gasteiger partial charge in [-0.3, -0.25) is 10.1 Å². The summed E-state index contributed by atoms with van der Waals surface area (Å²) in [6.07, 6.45) is 0. The Balaban J connectivity index is 2.13. The lowest BCUT2D eigenvalue weighted by molar-refractivity contribution is -0.384. The first-order valence-corrected chi connectivity index (χ1v) is 8.34. The van der Waals surface area contributed by atoms with Gasteiger partial charge in [0.2, 0.25) is 15.9 Å². The number of aromatic hydroxyl groups is 1. The zero-order chi connectivity index (χ0) is 18.2. The van der Waals surface area contributed by atoms with Gasteiger partial charge >= 0.3 is 0 Å². The number of H-pyrrole nitrogens is 1. The SMILES string of the molecule is NS(=O)(=O)c1ccc2[nH]c(O)c(N=Nc3ccccc3[N+](=O)[O-])c2c1. The molecule has 1 aromatic heterocycles. The van der Waals surface area contributed by atoms with Crippen LogP contribution < -0.4 is 5.14 Å². The van der Waals surface area contributed by atoms with Crippen LogP contribution in [0.15, 0.2) is 57.6 Å². The van der Waals surface area contributed by atoms with Crippen LogP contribution in [0.4, 0.5) is 17.1 Å². The van der Waals surface area contributed by atoms with E-state index in [0.29, 0.717) is 5.52 Å². The Morgan fingerprint density at radius 3 is 2.56 bits per heavy atom. The highest BCUT2D eigenvalue weighted by Gasteiger charge is 2.16. The molecule has 128 valence electrons. The predicted molar refractivity (Wildman–Crippen MR) is 88.6 cm³/mol. The highest BCUT2D eigenvalue weighted by molar-refractivity contribution is 7.89. The first kappa shape index (κ1) is 16.5. The average molecular weight is 361 g/mol. The molecule has 0 spiro atoms. The van der Waals surface area contributed by atoms with Gasteiger partial charge in [0.15, 0.2) is 11.4 Å². The Hall–Kier alpha value is -3.31. The van der Waals surface area contributed by atoms with Gasteiger partial charge in [-0.15, -0.1) is 10.2 Å². The molecular weight excluding hydrogens is 350 g/mol. The zero-order valence-corrected chi connectivity index (χ0v) is 13.3. The molecule has 4 N–H and O–H groups in total. The topological polar surface area (TPSA) is 164 Å². The largest absolute Gasteiger partial charge is 0.493 e. The second kappa shape index (κ2) is 5.96. The van der Waals surface area contributed by atoms with Gasteiger partial charge in [0.25, 0.3) is 5.69 Å². The van der Waals surface area contributed by atoms with Gasteiger partial charge in [-0.2, -0.15) is 0 Å². The number of para-hydroxylation sites is 1. The number of aromatic amines is 1. The van der Waals surface area contributed by atoms with Crippen molar-refractivity contribution in [1.82, 2.24) is 4.98 Å². The van der Waals surface area contributed by atoms with E-state index in [1.54, 1.807) is 6.07 Å². The summed E-state index contributed by atoms with van der Waals surface area (Å²) >= 11 is 0. The van der Waals surface area contributed by atoms with E-state index >= 15 is 0 Å². The third-order valence-electron chi connectivity index (χ3n) is 3.39. The molecule has 11 heteroatoms. The van der Waals surface area contributed by atoms with Gasteiger partial charge in [-0.05, 0) is 24.3 Å². The van der Waals surface area contributed by atoms with Crippen LogP contribution in [0.5, 0.6) is 5.88 Å². The molecule has 0 saturated carbocycles. The van der Waals surface area contributed by atoms with Crippen LogP contribution in [0, 0.1) is 10.1 Å². The number of rotatable bonds is 4. The van der Waals surface area contributed by atoms with Crippen LogP contribution in [0.1, 0.15) is 0 Å². The molecule has 1 heterocycles. The lowest BCUT2D eigenvalue weighted by Gasteiger charge is -1.98. The fraction of sp³-hybridized carbons (Fsp3) is 0. The summed E-state index contributed by atoms with van der Waals surface area (Å²) in [6.45, 7) is 0. The molecule has 3 rings (SSSR count). The van der Waals surface area contributed by atoms with Crippen molar-refractivity contribution in [3.8, 4) is 5.88 Å². The van der Waals surface area contributed by atoms with Gasteiger partial charge in [-0.25, -0.2) is 13.6 Å². The number of azo groups is 1. The summed E-state index contributed by atoms with van der Waals surface area (Å²) in [5, 5.41) is 33.9. The maximum Gasteiger partial charge on any atom is 0.296 e. The van der Waals surface area contributed by atoms with Gasteiger partial charge in [0.05, 0.1) is 15.3 Å². The van der Waals surface area contributed by atoms with Crippen LogP contribution in [-0.4, -0.2) is 23.4 Å². The van der Waals surface area contributed by atoms with E-state index in [1.807, 2.05) is 0 Å². The molecule has 3 aromatic rings. The van der Waals surface area contributed by atoms with E-state index in [9.17, 15) is 23.6 Å². The molecular formula is C14H11N5O5S. The molecule has 0 aliphatic rings. The van der Waals surface area contributed by atoms with Crippen LogP contribution in [-0.2, 0) is 10.0 Å². The van der Waals surface area contributed by atoms with Crippen molar-refractivity contribution in [2.75, 3.05) is 0 Å². The normalized spacial score (nSPS) is 12.0. The minimum atomic E-state index is -3.94. The minimum absolute atomic E-state index is 0.0103. The van der Waals surface area contributed by atoms with E-state index in [4.69, 9.17) is 5.14 Å². The minimum Gasteiger partial charge on any atom is -0.493 e. The Labute approximate surface area is 140 Å². The fourth-order valence-corrected chi connectivity index (χ4v) is 2.77. The lowest BCUT2D eigenvalue weighted by atomic mass is 10.2. The number of hydrogen-bond acceptors (Lipinski definition) is 7. The number of benzene rings is 2. The van der Waals surface area contributed by atoms with Crippen molar-refractivity contribution in [1.29, 1.82) is 0 Å². The van der Waals surface area contributed by atoms with Crippen LogP contribution in [0.2, 0.25) is 0 Å². The standard InChI is InChI=1S/C14H11N5O5S/c15-25(23,24)8-5-6-10-9(7-8)13(14(20)16-10)18-17-11-3-1-2-4-12(11)19(21)22/h1-7,16,20H,(H2,15,23,24). The fourth-order valence-electron chi connectivity index (χ4n) is 2.23. The number of nitrogens with one attached hydrogen (secondary N) is 1. The summed E-state index contributed by atoms with van der Waals surface area (Å²) in [4.78, 5) is 12.8. The van der Waals surface area contributed by atoms with Gasteiger partial charge in [-0.1, -0.05) is 12.1 Å². The van der Waals surface area contributed by atoms with Crippen molar-refractivity contribution in [2.45, 2.75) is 4.90 Å². The molecule has 25 heavy (non-hydrogen) atoms. The number of primary sulfonamides is 1. The molecule has 0 bridgehead atoms. The second-order valence-electron chi connectivity index (χ2n) is 5.02. The Morgan fingerprint density at radius 1 is 1.16 bits per heavy atom. The number of nitro groups is 1. The summed E-state index contributed by atoms with van der Waals surface area (Å²) < 4.78 is 22.9. The predicted octanol–water partition coefficient (Wildman–Crippen LogP) is 2.84. The summed E-state index contributed by atoms with van der Waals surface area (Å²) in [7, 11) is -3.94. The van der Waals surface area contributed by atoms with Gasteiger partial charge in [0, 0.05) is 11.5 Å². The highest BCUT2D eigenvalue weighted by Crippen LogP contribution is 2.38. The van der Waals surface area contributed by atoms with Crippen molar-refractivity contribution < 1.29 is 18.4 Å². The van der Waals surface area contributed by atoms with E-state index in [-0.39, 0.29) is 33.2 Å². The third-order valence-corrected chi connectivity index (χ3v) is 4.30. The molecule has 10 nitrogen and oxygen atoms in total. The van der Waals surface area contributed by atoms with Crippen molar-refractivity contribution in [3.63, 3.8) is 0 Å². The molecule has 0 radical (unpaired) electrons. The van der Waals surface area contributed by atoms with Gasteiger partial charge in [0.1, 0.15) is 0 Å². The first-order chi connectivity index (χ1) is 11.8.